The van der Waals surface area contributed by atoms with Crippen LogP contribution >= 0.6 is 0 Å². The van der Waals surface area contributed by atoms with Crippen molar-refractivity contribution in [3.05, 3.63) is 17.5 Å². The van der Waals surface area contributed by atoms with Gasteiger partial charge in [0.1, 0.15) is 5.76 Å². The molecule has 3 saturated heterocycles. The highest BCUT2D eigenvalue weighted by Gasteiger charge is 2.49. The van der Waals surface area contributed by atoms with Crippen molar-refractivity contribution in [1.82, 2.24) is 24.0 Å². The predicted octanol–water partition coefficient (Wildman–Crippen LogP) is 1.56. The fourth-order valence-electron chi connectivity index (χ4n) is 5.91. The molecular weight excluding hydrogens is 458 g/mol. The molecule has 1 amide bonds. The van der Waals surface area contributed by atoms with Gasteiger partial charge in [-0.3, -0.25) is 4.79 Å². The second kappa shape index (κ2) is 9.85. The largest absolute Gasteiger partial charge is 0.383 e. The second-order valence-corrected chi connectivity index (χ2v) is 12.2. The Hall–Kier alpha value is -1.53. The van der Waals surface area contributed by atoms with E-state index in [4.69, 9.17) is 9.26 Å². The maximum absolute atomic E-state index is 13.6. The van der Waals surface area contributed by atoms with Crippen LogP contribution in [0.4, 0.5) is 0 Å². The highest BCUT2D eigenvalue weighted by atomic mass is 32.2. The van der Waals surface area contributed by atoms with Crippen molar-refractivity contribution in [1.29, 1.82) is 0 Å². The van der Waals surface area contributed by atoms with Crippen LogP contribution < -0.4 is 5.32 Å². The van der Waals surface area contributed by atoms with Crippen LogP contribution in [0.1, 0.15) is 73.5 Å². The molecule has 4 fully saturated rings. The number of nitrogens with one attached hydrogen (secondary N) is 1. The smallest absolute Gasteiger partial charge is 0.282 e. The molecule has 5 rings (SSSR count). The number of ether oxygens (including phenoxy) is 1. The zero-order chi connectivity index (χ0) is 23.9. The first kappa shape index (κ1) is 24.2. The second-order valence-electron chi connectivity index (χ2n) is 10.4. The molecule has 1 N–H and O–H groups in total. The molecule has 3 aliphatic heterocycles. The zero-order valence-corrected chi connectivity index (χ0v) is 21.0. The number of nitrogens with zero attached hydrogens (tertiary/aromatic N) is 4. The Labute approximate surface area is 202 Å². The minimum atomic E-state index is -3.51. The molecule has 4 aliphatic rings. The van der Waals surface area contributed by atoms with Crippen molar-refractivity contribution in [2.45, 2.75) is 81.5 Å². The van der Waals surface area contributed by atoms with E-state index in [0.717, 1.165) is 50.8 Å². The van der Waals surface area contributed by atoms with Crippen LogP contribution in [0.25, 0.3) is 0 Å². The Morgan fingerprint density at radius 3 is 2.47 bits per heavy atom. The fourth-order valence-corrected chi connectivity index (χ4v) is 7.98. The summed E-state index contributed by atoms with van der Waals surface area (Å²) in [5.74, 6) is 0.977. The third-order valence-electron chi connectivity index (χ3n) is 8.03. The van der Waals surface area contributed by atoms with Gasteiger partial charge in [-0.2, -0.15) is 17.0 Å². The highest BCUT2D eigenvalue weighted by molar-refractivity contribution is 7.86. The highest BCUT2D eigenvalue weighted by Crippen LogP contribution is 2.41. The van der Waals surface area contributed by atoms with E-state index in [-0.39, 0.29) is 24.0 Å². The van der Waals surface area contributed by atoms with E-state index in [9.17, 15) is 13.2 Å². The van der Waals surface area contributed by atoms with Crippen molar-refractivity contribution in [3.8, 4) is 0 Å². The number of piperidine rings is 2. The molecule has 1 unspecified atom stereocenters. The van der Waals surface area contributed by atoms with E-state index in [2.05, 4.69) is 22.4 Å². The molecule has 4 heterocycles. The Bertz CT molecular complexity index is 958. The number of rotatable bonds is 9. The average Bonchev–Trinajstić information content (AvgIpc) is 3.48. The first-order valence-electron chi connectivity index (χ1n) is 12.6. The molecule has 10 nitrogen and oxygen atoms in total. The number of fused-ring (bicyclic) bond motifs is 2. The van der Waals surface area contributed by atoms with Gasteiger partial charge in [0.2, 0.25) is 0 Å². The summed E-state index contributed by atoms with van der Waals surface area (Å²) in [6, 6.07) is 1.97. The molecule has 1 aromatic rings. The topological polar surface area (TPSA) is 108 Å². The number of aromatic nitrogens is 1. The van der Waals surface area contributed by atoms with Crippen LogP contribution in [0, 0.1) is 0 Å². The van der Waals surface area contributed by atoms with Crippen LogP contribution in [0.3, 0.4) is 0 Å². The van der Waals surface area contributed by atoms with Gasteiger partial charge < -0.3 is 19.5 Å². The molecule has 1 aliphatic carbocycles. The van der Waals surface area contributed by atoms with E-state index >= 15 is 0 Å². The molecule has 2 bridgehead atoms. The maximum Gasteiger partial charge on any atom is 0.282 e. The molecule has 0 spiro atoms. The van der Waals surface area contributed by atoms with Crippen molar-refractivity contribution in [2.24, 2.45) is 0 Å². The van der Waals surface area contributed by atoms with Gasteiger partial charge in [-0.1, -0.05) is 5.16 Å². The average molecular weight is 496 g/mol. The van der Waals surface area contributed by atoms with Gasteiger partial charge in [-0.25, -0.2) is 0 Å². The lowest BCUT2D eigenvalue weighted by atomic mass is 9.99. The summed E-state index contributed by atoms with van der Waals surface area (Å²) in [4.78, 5) is 15.0. The van der Waals surface area contributed by atoms with Crippen LogP contribution in [0.15, 0.2) is 10.6 Å². The maximum atomic E-state index is 13.6. The fraction of sp³-hybridized carbons (Fsp3) is 0.826. The molecule has 11 heteroatoms. The summed E-state index contributed by atoms with van der Waals surface area (Å²) < 4.78 is 41.1. The number of hydrogen-bond acceptors (Lipinski definition) is 7. The summed E-state index contributed by atoms with van der Waals surface area (Å²) in [7, 11) is 0.275. The first-order valence-corrected chi connectivity index (χ1v) is 14.0. The van der Waals surface area contributed by atoms with Crippen molar-refractivity contribution in [2.75, 3.05) is 40.4 Å². The summed E-state index contributed by atoms with van der Waals surface area (Å²) in [5.41, 5.74) is 0.322. The molecule has 0 aromatic carbocycles. The minimum absolute atomic E-state index is 0.0438. The number of methoxy groups -OCH3 is 1. The number of hydrogen-bond donors (Lipinski definition) is 1. The lowest BCUT2D eigenvalue weighted by Crippen LogP contribution is -2.57. The molecule has 1 saturated carbocycles. The van der Waals surface area contributed by atoms with E-state index in [1.54, 1.807) is 21.8 Å². The summed E-state index contributed by atoms with van der Waals surface area (Å²) >= 11 is 0. The molecule has 1 aromatic heterocycles. The van der Waals surface area contributed by atoms with E-state index in [1.165, 1.54) is 0 Å². The lowest BCUT2D eigenvalue weighted by Gasteiger charge is -2.43. The summed E-state index contributed by atoms with van der Waals surface area (Å²) in [6.07, 6.45) is 6.84. The van der Waals surface area contributed by atoms with Crippen molar-refractivity contribution < 1.29 is 22.5 Å². The molecule has 3 atom stereocenters. The predicted molar refractivity (Wildman–Crippen MR) is 126 cm³/mol. The standard InChI is InChI=1S/C23H37N5O5S/c1-26(11-12-32-2)18-7-9-27(10-8-18)34(30,31)28-19-5-6-20(28)14-17(13-19)24-23(29)21-15-22(33-25-21)16-3-4-16/h15-20H,3-14H2,1-2H3,(H,24,29)/t17?,19-,20+. The Kier molecular flexibility index (Phi) is 7.00. The normalized spacial score (nSPS) is 29.1. The zero-order valence-electron chi connectivity index (χ0n) is 20.2. The first-order chi connectivity index (χ1) is 16.4. The van der Waals surface area contributed by atoms with Crippen LogP contribution in [0.5, 0.6) is 0 Å². The van der Waals surface area contributed by atoms with Gasteiger partial charge in [-0.15, -0.1) is 0 Å². The van der Waals surface area contributed by atoms with Crippen molar-refractivity contribution in [3.63, 3.8) is 0 Å². The quantitative estimate of drug-likeness (QED) is 0.554. The monoisotopic (exact) mass is 495 g/mol. The lowest BCUT2D eigenvalue weighted by molar-refractivity contribution is 0.0894. The van der Waals surface area contributed by atoms with Gasteiger partial charge in [0.25, 0.3) is 16.1 Å². The SMILES string of the molecule is COCCN(C)C1CCN(S(=O)(=O)N2[C@@H]3CC[C@H]2CC(NC(=O)c2cc(C4CC4)on2)C3)CC1. The molecule has 34 heavy (non-hydrogen) atoms. The van der Waals surface area contributed by atoms with Crippen LogP contribution in [0.2, 0.25) is 0 Å². The number of carbonyl (C=O) groups excluding carboxylic acids is 1. The van der Waals surface area contributed by atoms with Gasteiger partial charge in [0.05, 0.1) is 6.61 Å². The third-order valence-corrected chi connectivity index (χ3v) is 10.2. The van der Waals surface area contributed by atoms with Crippen LogP contribution in [-0.2, 0) is 14.9 Å². The summed E-state index contributed by atoms with van der Waals surface area (Å²) in [5, 5.41) is 7.02. The van der Waals surface area contributed by atoms with E-state index in [1.807, 2.05) is 0 Å². The minimum Gasteiger partial charge on any atom is -0.383 e. The number of likely N-dealkylation sites (N-methyl/N-ethyl adjacent to an activating group) is 1. The number of amides is 1. The molecule has 0 radical (unpaired) electrons. The Morgan fingerprint density at radius 1 is 1.18 bits per heavy atom. The summed E-state index contributed by atoms with van der Waals surface area (Å²) in [6.45, 7) is 2.64. The third kappa shape index (κ3) is 4.90. The van der Waals surface area contributed by atoms with Crippen LogP contribution in [-0.4, -0.2) is 97.6 Å². The number of carbonyl (C=O) groups is 1. The Balaban J connectivity index is 1.16. The van der Waals surface area contributed by atoms with Gasteiger partial charge in [0.15, 0.2) is 5.69 Å². The van der Waals surface area contributed by atoms with Gasteiger partial charge in [0, 0.05) is 62.9 Å². The van der Waals surface area contributed by atoms with Gasteiger partial charge in [-0.05, 0) is 58.4 Å². The van der Waals surface area contributed by atoms with E-state index < -0.39 is 10.2 Å². The molecule has 190 valence electrons. The van der Waals surface area contributed by atoms with Gasteiger partial charge >= 0.3 is 0 Å². The van der Waals surface area contributed by atoms with Crippen molar-refractivity contribution >= 4 is 16.1 Å². The molecular formula is C23H37N5O5S. The Morgan fingerprint density at radius 2 is 1.85 bits per heavy atom. The van der Waals surface area contributed by atoms with E-state index in [0.29, 0.717) is 50.2 Å².